The first-order chi connectivity index (χ1) is 10.1. The van der Waals surface area contributed by atoms with Gasteiger partial charge in [-0.25, -0.2) is 0 Å². The Morgan fingerprint density at radius 2 is 2.24 bits per heavy atom. The van der Waals surface area contributed by atoms with Crippen LogP contribution in [0.15, 0.2) is 33.5 Å². The van der Waals surface area contributed by atoms with E-state index in [0.29, 0.717) is 11.1 Å². The summed E-state index contributed by atoms with van der Waals surface area (Å²) in [5, 5.41) is 13.5. The standard InChI is InChI=1S/C12H9N5O4/c1-6(18)15-21-7-2-3-8-9(19)5-11(20-10(8)4-7)12-13-16-17-14-12/h2-5H,1H3,(H,15,18)(H,13,14,16,17). The number of H-pyrrole nitrogens is 1. The van der Waals surface area contributed by atoms with Gasteiger partial charge in [0.05, 0.1) is 5.39 Å². The first-order valence-corrected chi connectivity index (χ1v) is 5.88. The minimum Gasteiger partial charge on any atom is -0.452 e. The number of fused-ring (bicyclic) bond motifs is 1. The summed E-state index contributed by atoms with van der Waals surface area (Å²) in [6.07, 6.45) is 0. The molecule has 106 valence electrons. The van der Waals surface area contributed by atoms with E-state index in [-0.39, 0.29) is 28.5 Å². The summed E-state index contributed by atoms with van der Waals surface area (Å²) in [5.41, 5.74) is 2.22. The maximum Gasteiger partial charge on any atom is 0.249 e. The van der Waals surface area contributed by atoms with Crippen LogP contribution in [-0.4, -0.2) is 26.5 Å². The van der Waals surface area contributed by atoms with Crippen LogP contribution in [0.2, 0.25) is 0 Å². The molecule has 9 heteroatoms. The Hall–Kier alpha value is -3.23. The number of amides is 1. The Morgan fingerprint density at radius 1 is 1.38 bits per heavy atom. The lowest BCUT2D eigenvalue weighted by Gasteiger charge is -2.05. The average molecular weight is 287 g/mol. The third kappa shape index (κ3) is 2.56. The number of nitrogens with one attached hydrogen (secondary N) is 2. The fourth-order valence-corrected chi connectivity index (χ4v) is 1.71. The molecule has 2 aromatic heterocycles. The van der Waals surface area contributed by atoms with E-state index in [1.807, 2.05) is 0 Å². The van der Waals surface area contributed by atoms with Crippen molar-refractivity contribution in [2.75, 3.05) is 0 Å². The first-order valence-electron chi connectivity index (χ1n) is 5.88. The summed E-state index contributed by atoms with van der Waals surface area (Å²) in [6.45, 7) is 1.31. The fourth-order valence-electron chi connectivity index (χ4n) is 1.71. The van der Waals surface area contributed by atoms with Gasteiger partial charge < -0.3 is 9.25 Å². The zero-order valence-corrected chi connectivity index (χ0v) is 10.8. The lowest BCUT2D eigenvalue weighted by molar-refractivity contribution is -0.125. The van der Waals surface area contributed by atoms with E-state index in [4.69, 9.17) is 9.25 Å². The van der Waals surface area contributed by atoms with Crippen molar-refractivity contribution in [3.05, 3.63) is 34.5 Å². The Kier molecular flexibility index (Phi) is 3.07. The topological polar surface area (TPSA) is 123 Å². The smallest absolute Gasteiger partial charge is 0.249 e. The molecule has 21 heavy (non-hydrogen) atoms. The molecule has 0 aliphatic rings. The number of carbonyl (C=O) groups is 1. The SMILES string of the molecule is CC(=O)NOc1ccc2c(=O)cc(-c3nn[nH]n3)oc2c1. The number of aromatic nitrogens is 4. The predicted octanol–water partition coefficient (Wildman–Crippen LogP) is 0.403. The molecule has 0 aliphatic carbocycles. The quantitative estimate of drug-likeness (QED) is 0.668. The second-order valence-corrected chi connectivity index (χ2v) is 4.13. The van der Waals surface area contributed by atoms with E-state index >= 15 is 0 Å². The van der Waals surface area contributed by atoms with E-state index in [2.05, 4.69) is 26.1 Å². The van der Waals surface area contributed by atoms with Gasteiger partial charge in [-0.05, 0) is 17.3 Å². The molecule has 0 bridgehead atoms. The number of hydrogen-bond donors (Lipinski definition) is 2. The molecule has 0 unspecified atom stereocenters. The molecule has 0 radical (unpaired) electrons. The van der Waals surface area contributed by atoms with E-state index in [0.717, 1.165) is 0 Å². The van der Waals surface area contributed by atoms with Gasteiger partial charge in [-0.2, -0.15) is 10.7 Å². The average Bonchev–Trinajstić information content (AvgIpc) is 2.99. The molecule has 0 aliphatic heterocycles. The third-order valence-electron chi connectivity index (χ3n) is 2.58. The molecule has 0 spiro atoms. The Balaban J connectivity index is 2.06. The van der Waals surface area contributed by atoms with Gasteiger partial charge >= 0.3 is 0 Å². The van der Waals surface area contributed by atoms with Gasteiger partial charge in [0.25, 0.3) is 0 Å². The van der Waals surface area contributed by atoms with Crippen LogP contribution < -0.4 is 15.7 Å². The number of rotatable bonds is 3. The molecular weight excluding hydrogens is 278 g/mol. The minimum atomic E-state index is -0.350. The lowest BCUT2D eigenvalue weighted by atomic mass is 10.2. The Bertz CT molecular complexity index is 856. The van der Waals surface area contributed by atoms with Crippen LogP contribution in [-0.2, 0) is 4.79 Å². The Morgan fingerprint density at radius 3 is 2.95 bits per heavy atom. The lowest BCUT2D eigenvalue weighted by Crippen LogP contribution is -2.23. The second kappa shape index (κ2) is 5.04. The Labute approximate surface area is 116 Å². The van der Waals surface area contributed by atoms with Crippen molar-refractivity contribution in [1.82, 2.24) is 26.1 Å². The molecule has 0 saturated carbocycles. The highest BCUT2D eigenvalue weighted by atomic mass is 16.7. The number of tetrazole rings is 1. The second-order valence-electron chi connectivity index (χ2n) is 4.13. The van der Waals surface area contributed by atoms with E-state index in [1.165, 1.54) is 19.1 Å². The van der Waals surface area contributed by atoms with Gasteiger partial charge in [0.1, 0.15) is 5.58 Å². The summed E-state index contributed by atoms with van der Waals surface area (Å²) < 4.78 is 5.56. The molecule has 0 saturated heterocycles. The van der Waals surface area contributed by atoms with Crippen molar-refractivity contribution in [3.8, 4) is 17.3 Å². The third-order valence-corrected chi connectivity index (χ3v) is 2.58. The summed E-state index contributed by atoms with van der Waals surface area (Å²) >= 11 is 0. The van der Waals surface area contributed by atoms with Crippen LogP contribution in [0.25, 0.3) is 22.6 Å². The fraction of sp³-hybridized carbons (Fsp3) is 0.0833. The van der Waals surface area contributed by atoms with Crippen LogP contribution in [0, 0.1) is 0 Å². The van der Waals surface area contributed by atoms with Crippen molar-refractivity contribution in [3.63, 3.8) is 0 Å². The van der Waals surface area contributed by atoms with Crippen LogP contribution >= 0.6 is 0 Å². The monoisotopic (exact) mass is 287 g/mol. The predicted molar refractivity (Wildman–Crippen MR) is 70.1 cm³/mol. The molecule has 9 nitrogen and oxygen atoms in total. The zero-order chi connectivity index (χ0) is 14.8. The van der Waals surface area contributed by atoms with Crippen molar-refractivity contribution in [2.24, 2.45) is 0 Å². The zero-order valence-electron chi connectivity index (χ0n) is 10.8. The molecular formula is C12H9N5O4. The van der Waals surface area contributed by atoms with E-state index in [1.54, 1.807) is 12.1 Å². The van der Waals surface area contributed by atoms with E-state index < -0.39 is 0 Å². The van der Waals surface area contributed by atoms with Gasteiger partial charge in [-0.15, -0.1) is 10.2 Å². The number of benzene rings is 1. The van der Waals surface area contributed by atoms with Crippen LogP contribution in [0.1, 0.15) is 6.92 Å². The molecule has 2 N–H and O–H groups in total. The van der Waals surface area contributed by atoms with Crippen molar-refractivity contribution < 1.29 is 14.0 Å². The normalized spacial score (nSPS) is 10.5. The summed E-state index contributed by atoms with van der Waals surface area (Å²) in [7, 11) is 0. The molecule has 0 fully saturated rings. The molecule has 2 heterocycles. The van der Waals surface area contributed by atoms with Crippen molar-refractivity contribution >= 4 is 16.9 Å². The molecule has 0 atom stereocenters. The number of carbonyl (C=O) groups excluding carboxylic acids is 1. The minimum absolute atomic E-state index is 0.169. The van der Waals surface area contributed by atoms with Crippen molar-refractivity contribution in [1.29, 1.82) is 0 Å². The van der Waals surface area contributed by atoms with Crippen LogP contribution in [0.4, 0.5) is 0 Å². The molecule has 1 aromatic carbocycles. The van der Waals surface area contributed by atoms with Gasteiger partial charge in [0, 0.05) is 19.1 Å². The van der Waals surface area contributed by atoms with Gasteiger partial charge in [0.2, 0.25) is 11.7 Å². The van der Waals surface area contributed by atoms with Gasteiger partial charge in [-0.3, -0.25) is 9.59 Å². The summed E-state index contributed by atoms with van der Waals surface area (Å²) in [5.74, 6) is 0.323. The molecule has 1 amide bonds. The largest absolute Gasteiger partial charge is 0.452 e. The summed E-state index contributed by atoms with van der Waals surface area (Å²) in [6, 6.07) is 5.85. The molecule has 3 rings (SSSR count). The van der Waals surface area contributed by atoms with Crippen LogP contribution in [0.5, 0.6) is 5.75 Å². The van der Waals surface area contributed by atoms with Crippen molar-refractivity contribution in [2.45, 2.75) is 6.92 Å². The maximum absolute atomic E-state index is 12.0. The van der Waals surface area contributed by atoms with E-state index in [9.17, 15) is 9.59 Å². The number of hydroxylamine groups is 1. The van der Waals surface area contributed by atoms with Crippen LogP contribution in [0.3, 0.4) is 0 Å². The highest BCUT2D eigenvalue weighted by molar-refractivity contribution is 5.79. The maximum atomic E-state index is 12.0. The molecule has 3 aromatic rings. The number of nitrogens with zero attached hydrogens (tertiary/aromatic N) is 3. The number of hydrogen-bond acceptors (Lipinski definition) is 7. The highest BCUT2D eigenvalue weighted by Crippen LogP contribution is 2.22. The first kappa shape index (κ1) is 12.8. The van der Waals surface area contributed by atoms with Gasteiger partial charge in [0.15, 0.2) is 16.9 Å². The van der Waals surface area contributed by atoms with Gasteiger partial charge in [-0.1, -0.05) is 0 Å². The summed E-state index contributed by atoms with van der Waals surface area (Å²) in [4.78, 5) is 27.9. The highest BCUT2D eigenvalue weighted by Gasteiger charge is 2.11. The number of aromatic amines is 1.